The maximum Gasteiger partial charge on any atom is 0.0773 e. The van der Waals surface area contributed by atoms with Crippen molar-refractivity contribution in [2.75, 3.05) is 54.2 Å². The van der Waals surface area contributed by atoms with Crippen molar-refractivity contribution in [3.63, 3.8) is 0 Å². The van der Waals surface area contributed by atoms with Crippen LogP contribution in [0.15, 0.2) is 0 Å². The van der Waals surface area contributed by atoms with Crippen LogP contribution in [0.25, 0.3) is 0 Å². The van der Waals surface area contributed by atoms with Crippen molar-refractivity contribution in [2.45, 2.75) is 64.4 Å². The first-order valence-corrected chi connectivity index (χ1v) is 9.09. The lowest BCUT2D eigenvalue weighted by Crippen LogP contribution is -2.17. The molecule has 0 aliphatic carbocycles. The van der Waals surface area contributed by atoms with Crippen LogP contribution in [-0.2, 0) is 9.47 Å². The van der Waals surface area contributed by atoms with E-state index in [-0.39, 0.29) is 12.7 Å². The summed E-state index contributed by atoms with van der Waals surface area (Å²) in [5.41, 5.74) is 0. The fourth-order valence-corrected chi connectivity index (χ4v) is 1.92. The summed E-state index contributed by atoms with van der Waals surface area (Å²) in [6.45, 7) is 3.97. The summed E-state index contributed by atoms with van der Waals surface area (Å²) in [4.78, 5) is 2.00. The van der Waals surface area contributed by atoms with E-state index in [0.717, 1.165) is 12.8 Å². The summed E-state index contributed by atoms with van der Waals surface area (Å²) in [5, 5.41) is 18.2. The van der Waals surface area contributed by atoms with E-state index in [1.54, 1.807) is 0 Å². The van der Waals surface area contributed by atoms with E-state index in [1.807, 2.05) is 26.0 Å². The Hall–Kier alpha value is -0.200. The van der Waals surface area contributed by atoms with E-state index in [2.05, 4.69) is 6.92 Å². The molecule has 0 rings (SSSR count). The minimum Gasteiger partial charge on any atom is -0.394 e. The number of ether oxygens (including phenoxy) is 2. The zero-order chi connectivity index (χ0) is 17.8. The highest BCUT2D eigenvalue weighted by Crippen LogP contribution is 2.09. The lowest BCUT2D eigenvalue weighted by molar-refractivity contribution is -0.00465. The Morgan fingerprint density at radius 2 is 1.35 bits per heavy atom. The molecule has 0 fully saturated rings. The van der Waals surface area contributed by atoms with E-state index in [4.69, 9.17) is 14.6 Å². The van der Waals surface area contributed by atoms with Crippen molar-refractivity contribution in [3.05, 3.63) is 0 Å². The molecule has 0 radical (unpaired) electrons. The topological polar surface area (TPSA) is 62.2 Å². The normalized spacial score (nSPS) is 12.1. The summed E-state index contributed by atoms with van der Waals surface area (Å²) in [7, 11) is 6.00. The van der Waals surface area contributed by atoms with Gasteiger partial charge in [0.1, 0.15) is 0 Å². The quantitative estimate of drug-likeness (QED) is 0.451. The van der Waals surface area contributed by atoms with Crippen LogP contribution < -0.4 is 0 Å². The largest absolute Gasteiger partial charge is 0.394 e. The fraction of sp³-hybridized carbons (Fsp3) is 1.00. The van der Waals surface area contributed by atoms with Gasteiger partial charge in [0.05, 0.1) is 39.1 Å². The Kier molecular flexibility index (Phi) is 23.7. The van der Waals surface area contributed by atoms with Crippen molar-refractivity contribution in [2.24, 2.45) is 0 Å². The second kappa shape index (κ2) is 21.8. The van der Waals surface area contributed by atoms with Gasteiger partial charge in [0.2, 0.25) is 0 Å². The summed E-state index contributed by atoms with van der Waals surface area (Å²) >= 11 is 0. The first-order valence-electron chi connectivity index (χ1n) is 9.09. The molecule has 0 aliphatic rings. The highest BCUT2D eigenvalue weighted by Gasteiger charge is 2.03. The van der Waals surface area contributed by atoms with E-state index >= 15 is 0 Å². The second-order valence-electron chi connectivity index (χ2n) is 6.32. The number of nitrogens with zero attached hydrogens (tertiary/aromatic N) is 1. The third-order valence-corrected chi connectivity index (χ3v) is 3.06. The molecule has 0 amide bonds. The molecule has 1 unspecified atom stereocenters. The summed E-state index contributed by atoms with van der Waals surface area (Å²) in [5.74, 6) is 0. The van der Waals surface area contributed by atoms with Crippen LogP contribution in [-0.4, -0.2) is 75.4 Å². The predicted molar refractivity (Wildman–Crippen MR) is 97.0 cm³/mol. The summed E-state index contributed by atoms with van der Waals surface area (Å²) < 4.78 is 10.3. The number of aliphatic hydroxyl groups is 2. The molecule has 0 bridgehead atoms. The Labute approximate surface area is 144 Å². The molecule has 0 aromatic rings. The zero-order valence-corrected chi connectivity index (χ0v) is 15.9. The Bertz CT molecular complexity index is 201. The van der Waals surface area contributed by atoms with Crippen LogP contribution in [0.4, 0.5) is 0 Å². The van der Waals surface area contributed by atoms with Gasteiger partial charge >= 0.3 is 0 Å². The molecule has 0 aliphatic heterocycles. The highest BCUT2D eigenvalue weighted by molar-refractivity contribution is 4.55. The van der Waals surface area contributed by atoms with Gasteiger partial charge < -0.3 is 24.6 Å². The van der Waals surface area contributed by atoms with E-state index in [0.29, 0.717) is 26.4 Å². The van der Waals surface area contributed by atoms with E-state index in [9.17, 15) is 5.11 Å². The number of hydrogen-bond donors (Lipinski definition) is 2. The average molecular weight is 336 g/mol. The Morgan fingerprint density at radius 3 is 1.91 bits per heavy atom. The molecule has 5 heteroatoms. The lowest BCUT2D eigenvalue weighted by atomic mass is 10.1. The summed E-state index contributed by atoms with van der Waals surface area (Å²) in [6, 6.07) is 0. The minimum absolute atomic E-state index is 0.0425. The molecule has 23 heavy (non-hydrogen) atoms. The van der Waals surface area contributed by atoms with Gasteiger partial charge in [-0.3, -0.25) is 0 Å². The first-order chi connectivity index (χ1) is 11.0. The standard InChI is InChI=1S/C15H32O4.C3H9N/c1-2-3-4-5-6-7-8-9-15(17)14-19-13-12-18-11-10-16;1-4(2)3/h15-17H,2-14H2,1H3;1-3H3. The predicted octanol–water partition coefficient (Wildman–Crippen LogP) is 2.69. The van der Waals surface area contributed by atoms with Crippen LogP contribution >= 0.6 is 0 Å². The third-order valence-electron chi connectivity index (χ3n) is 3.06. The SMILES string of the molecule is CCCCCCCCCC(O)COCCOCCO.CN(C)C. The van der Waals surface area contributed by atoms with Crippen molar-refractivity contribution in [3.8, 4) is 0 Å². The molecular formula is C18H41NO4. The van der Waals surface area contributed by atoms with Crippen molar-refractivity contribution in [1.82, 2.24) is 4.90 Å². The number of rotatable bonds is 15. The zero-order valence-electron chi connectivity index (χ0n) is 15.9. The lowest BCUT2D eigenvalue weighted by Gasteiger charge is -2.11. The van der Waals surface area contributed by atoms with Gasteiger partial charge in [-0.15, -0.1) is 0 Å². The number of aliphatic hydroxyl groups excluding tert-OH is 2. The Morgan fingerprint density at radius 1 is 0.826 bits per heavy atom. The Balaban J connectivity index is 0. The number of hydrogen-bond acceptors (Lipinski definition) is 5. The van der Waals surface area contributed by atoms with Gasteiger partial charge in [-0.25, -0.2) is 0 Å². The van der Waals surface area contributed by atoms with Crippen LogP contribution in [0.3, 0.4) is 0 Å². The van der Waals surface area contributed by atoms with Gasteiger partial charge in [0.15, 0.2) is 0 Å². The molecule has 0 saturated carbocycles. The molecule has 0 saturated heterocycles. The van der Waals surface area contributed by atoms with Gasteiger partial charge in [-0.2, -0.15) is 0 Å². The van der Waals surface area contributed by atoms with Gasteiger partial charge in [-0.05, 0) is 27.6 Å². The minimum atomic E-state index is -0.353. The van der Waals surface area contributed by atoms with E-state index in [1.165, 1.54) is 38.5 Å². The highest BCUT2D eigenvalue weighted by atomic mass is 16.5. The smallest absolute Gasteiger partial charge is 0.0773 e. The maximum atomic E-state index is 9.69. The molecule has 5 nitrogen and oxygen atoms in total. The van der Waals surface area contributed by atoms with Crippen molar-refractivity contribution < 1.29 is 19.7 Å². The third kappa shape index (κ3) is 30.3. The van der Waals surface area contributed by atoms with Crippen LogP contribution in [0.1, 0.15) is 58.3 Å². The fourth-order valence-electron chi connectivity index (χ4n) is 1.92. The van der Waals surface area contributed by atoms with Crippen molar-refractivity contribution in [1.29, 1.82) is 0 Å². The van der Waals surface area contributed by atoms with E-state index < -0.39 is 0 Å². The molecule has 1 atom stereocenters. The van der Waals surface area contributed by atoms with Crippen LogP contribution in [0.2, 0.25) is 0 Å². The number of unbranched alkanes of at least 4 members (excludes halogenated alkanes) is 6. The molecule has 0 spiro atoms. The summed E-state index contributed by atoms with van der Waals surface area (Å²) in [6.07, 6.45) is 9.34. The van der Waals surface area contributed by atoms with Crippen molar-refractivity contribution >= 4 is 0 Å². The monoisotopic (exact) mass is 335 g/mol. The van der Waals surface area contributed by atoms with Gasteiger partial charge in [0.25, 0.3) is 0 Å². The van der Waals surface area contributed by atoms with Gasteiger partial charge in [-0.1, -0.05) is 51.9 Å². The molecular weight excluding hydrogens is 294 g/mol. The maximum absolute atomic E-state index is 9.69. The molecule has 0 heterocycles. The second-order valence-corrected chi connectivity index (χ2v) is 6.32. The van der Waals surface area contributed by atoms with Gasteiger partial charge in [0, 0.05) is 0 Å². The molecule has 142 valence electrons. The molecule has 0 aromatic carbocycles. The first kappa shape index (κ1) is 25.0. The van der Waals surface area contributed by atoms with Crippen LogP contribution in [0.5, 0.6) is 0 Å². The van der Waals surface area contributed by atoms with Crippen LogP contribution in [0, 0.1) is 0 Å². The molecule has 0 aromatic heterocycles. The molecule has 2 N–H and O–H groups in total. The average Bonchev–Trinajstić information content (AvgIpc) is 2.49.